The van der Waals surface area contributed by atoms with E-state index in [0.29, 0.717) is 22.4 Å². The van der Waals surface area contributed by atoms with Crippen molar-refractivity contribution in [2.75, 3.05) is 20.2 Å². The summed E-state index contributed by atoms with van der Waals surface area (Å²) in [5.41, 5.74) is 0.633. The molecule has 0 saturated carbocycles. The van der Waals surface area contributed by atoms with Crippen molar-refractivity contribution in [3.63, 3.8) is 0 Å². The maximum absolute atomic E-state index is 13.9. The first-order valence-electron chi connectivity index (χ1n) is 6.08. The number of ether oxygens (including phenoxy) is 1. The highest BCUT2D eigenvalue weighted by atomic mass is 79.9. The van der Waals surface area contributed by atoms with Crippen LogP contribution >= 0.6 is 15.9 Å². The van der Waals surface area contributed by atoms with Gasteiger partial charge in [0.25, 0.3) is 0 Å². The van der Waals surface area contributed by atoms with Crippen LogP contribution in [0.15, 0.2) is 10.5 Å². The van der Waals surface area contributed by atoms with Gasteiger partial charge in [-0.05, 0) is 65.8 Å². The predicted octanol–water partition coefficient (Wildman–Crippen LogP) is 2.84. The van der Waals surface area contributed by atoms with E-state index >= 15 is 0 Å². The summed E-state index contributed by atoms with van der Waals surface area (Å²) in [7, 11) is 1.38. The lowest BCUT2D eigenvalue weighted by Gasteiger charge is -2.23. The van der Waals surface area contributed by atoms with Crippen LogP contribution in [0.25, 0.3) is 0 Å². The molecule has 1 aromatic carbocycles. The molecule has 1 heterocycles. The third kappa shape index (κ3) is 2.78. The molecule has 0 aromatic heterocycles. The first-order chi connectivity index (χ1) is 8.63. The molecule has 2 rings (SSSR count). The Morgan fingerprint density at radius 2 is 2.39 bits per heavy atom. The summed E-state index contributed by atoms with van der Waals surface area (Å²) in [6.07, 6.45) is 2.92. The lowest BCUT2D eigenvalue weighted by Crippen LogP contribution is -2.30. The van der Waals surface area contributed by atoms with Crippen molar-refractivity contribution >= 4 is 15.9 Å². The average Bonchev–Trinajstić information content (AvgIpc) is 2.37. The number of hydrogen-bond acceptors (Lipinski definition) is 3. The van der Waals surface area contributed by atoms with Gasteiger partial charge in [-0.1, -0.05) is 0 Å². The Labute approximate surface area is 114 Å². The number of piperidine rings is 1. The molecule has 0 aliphatic carbocycles. The first kappa shape index (κ1) is 13.6. The van der Waals surface area contributed by atoms with Gasteiger partial charge >= 0.3 is 0 Å². The predicted molar refractivity (Wildman–Crippen MR) is 71.6 cm³/mol. The van der Waals surface area contributed by atoms with E-state index in [1.807, 2.05) is 0 Å². The van der Waals surface area contributed by atoms with Gasteiger partial charge in [-0.25, -0.2) is 0 Å². The number of benzene rings is 1. The van der Waals surface area contributed by atoms with Crippen molar-refractivity contribution in [1.82, 2.24) is 5.32 Å². The van der Waals surface area contributed by atoms with Crippen LogP contribution in [0, 0.1) is 11.7 Å². The Morgan fingerprint density at radius 1 is 1.61 bits per heavy atom. The van der Waals surface area contributed by atoms with E-state index in [4.69, 9.17) is 4.74 Å². The summed E-state index contributed by atoms with van der Waals surface area (Å²) in [5, 5.41) is 13.2. The summed E-state index contributed by atoms with van der Waals surface area (Å²) in [4.78, 5) is 0. The summed E-state index contributed by atoms with van der Waals surface area (Å²) >= 11 is 3.27. The lowest BCUT2D eigenvalue weighted by atomic mass is 9.92. The van der Waals surface area contributed by atoms with E-state index in [2.05, 4.69) is 21.2 Å². The van der Waals surface area contributed by atoms with Crippen LogP contribution in [0.2, 0.25) is 0 Å². The van der Waals surface area contributed by atoms with Gasteiger partial charge in [-0.15, -0.1) is 0 Å². The molecular weight excluding hydrogens is 301 g/mol. The van der Waals surface area contributed by atoms with Gasteiger partial charge in [0.2, 0.25) is 5.82 Å². The fraction of sp³-hybridized carbons (Fsp3) is 0.538. The zero-order valence-corrected chi connectivity index (χ0v) is 11.9. The summed E-state index contributed by atoms with van der Waals surface area (Å²) < 4.78 is 19.3. The number of hydrogen-bond donors (Lipinski definition) is 2. The van der Waals surface area contributed by atoms with Crippen LogP contribution in [-0.4, -0.2) is 25.3 Å². The molecular formula is C13H17BrFNO2. The molecule has 2 N–H and O–H groups in total. The number of phenols is 1. The van der Waals surface area contributed by atoms with Crippen molar-refractivity contribution in [2.24, 2.45) is 5.92 Å². The van der Waals surface area contributed by atoms with Crippen molar-refractivity contribution in [3.8, 4) is 11.5 Å². The molecule has 0 bridgehead atoms. The van der Waals surface area contributed by atoms with Crippen LogP contribution in [0.1, 0.15) is 18.4 Å². The van der Waals surface area contributed by atoms with E-state index in [9.17, 15) is 9.50 Å². The third-order valence-electron chi connectivity index (χ3n) is 3.34. The lowest BCUT2D eigenvalue weighted by molar-refractivity contribution is 0.348. The standard InChI is InChI=1S/C13H17BrFNO2/c1-18-13-10(14)6-9(12(17)11(13)15)5-8-3-2-4-16-7-8/h6,8,16-17H,2-5,7H2,1H3. The van der Waals surface area contributed by atoms with Crippen molar-refractivity contribution < 1.29 is 14.2 Å². The fourth-order valence-corrected chi connectivity index (χ4v) is 3.00. The number of rotatable bonds is 3. The minimum absolute atomic E-state index is 0.0537. The zero-order valence-electron chi connectivity index (χ0n) is 10.3. The first-order valence-corrected chi connectivity index (χ1v) is 6.87. The Hall–Kier alpha value is -0.810. The molecule has 0 amide bonds. The number of methoxy groups -OCH3 is 1. The van der Waals surface area contributed by atoms with E-state index in [0.717, 1.165) is 25.9 Å². The Balaban J connectivity index is 2.22. The van der Waals surface area contributed by atoms with Gasteiger partial charge in [-0.3, -0.25) is 0 Å². The third-order valence-corrected chi connectivity index (χ3v) is 3.93. The topological polar surface area (TPSA) is 41.5 Å². The Bertz CT molecular complexity index is 433. The average molecular weight is 318 g/mol. The highest BCUT2D eigenvalue weighted by Gasteiger charge is 2.21. The summed E-state index contributed by atoms with van der Waals surface area (Å²) in [6, 6.07) is 1.74. The van der Waals surface area contributed by atoms with Crippen LogP contribution in [0.4, 0.5) is 4.39 Å². The molecule has 1 unspecified atom stereocenters. The SMILES string of the molecule is COc1c(Br)cc(CC2CCCNC2)c(O)c1F. The van der Waals surface area contributed by atoms with Gasteiger partial charge in [-0.2, -0.15) is 4.39 Å². The van der Waals surface area contributed by atoms with Crippen molar-refractivity contribution in [2.45, 2.75) is 19.3 Å². The molecule has 0 spiro atoms. The number of phenolic OH excluding ortho intramolecular Hbond substituents is 1. The van der Waals surface area contributed by atoms with Crippen molar-refractivity contribution in [3.05, 3.63) is 21.9 Å². The van der Waals surface area contributed by atoms with E-state index in [-0.39, 0.29) is 11.5 Å². The number of halogens is 2. The molecule has 1 fully saturated rings. The van der Waals surface area contributed by atoms with Crippen LogP contribution in [0.3, 0.4) is 0 Å². The van der Waals surface area contributed by atoms with E-state index in [1.165, 1.54) is 7.11 Å². The summed E-state index contributed by atoms with van der Waals surface area (Å²) in [5.74, 6) is -0.478. The van der Waals surface area contributed by atoms with E-state index < -0.39 is 5.82 Å². The molecule has 3 nitrogen and oxygen atoms in total. The smallest absolute Gasteiger partial charge is 0.208 e. The Morgan fingerprint density at radius 3 is 3.00 bits per heavy atom. The molecule has 5 heteroatoms. The van der Waals surface area contributed by atoms with Gasteiger partial charge in [0.1, 0.15) is 0 Å². The maximum Gasteiger partial charge on any atom is 0.208 e. The molecule has 18 heavy (non-hydrogen) atoms. The molecule has 1 aliphatic rings. The molecule has 1 aromatic rings. The normalized spacial score (nSPS) is 19.8. The van der Waals surface area contributed by atoms with Crippen LogP contribution in [0.5, 0.6) is 11.5 Å². The largest absolute Gasteiger partial charge is 0.505 e. The monoisotopic (exact) mass is 317 g/mol. The molecule has 1 saturated heterocycles. The number of aromatic hydroxyl groups is 1. The summed E-state index contributed by atoms with van der Waals surface area (Å²) in [6.45, 7) is 1.97. The highest BCUT2D eigenvalue weighted by Crippen LogP contribution is 2.37. The van der Waals surface area contributed by atoms with Gasteiger partial charge in [0.05, 0.1) is 11.6 Å². The van der Waals surface area contributed by atoms with Crippen molar-refractivity contribution in [1.29, 1.82) is 0 Å². The Kier molecular flexibility index (Phi) is 4.45. The van der Waals surface area contributed by atoms with Gasteiger partial charge < -0.3 is 15.2 Å². The molecule has 1 aliphatic heterocycles. The quantitative estimate of drug-likeness (QED) is 0.900. The molecule has 0 radical (unpaired) electrons. The van der Waals surface area contributed by atoms with Gasteiger partial charge in [0, 0.05) is 0 Å². The minimum Gasteiger partial charge on any atom is -0.505 e. The van der Waals surface area contributed by atoms with E-state index in [1.54, 1.807) is 6.07 Å². The fourth-order valence-electron chi connectivity index (χ4n) is 2.39. The second-order valence-electron chi connectivity index (χ2n) is 4.63. The molecule has 1 atom stereocenters. The minimum atomic E-state index is -0.689. The zero-order chi connectivity index (χ0) is 13.1. The second-order valence-corrected chi connectivity index (χ2v) is 5.48. The van der Waals surface area contributed by atoms with Crippen LogP contribution < -0.4 is 10.1 Å². The number of nitrogens with one attached hydrogen (secondary N) is 1. The maximum atomic E-state index is 13.9. The second kappa shape index (κ2) is 5.89. The van der Waals surface area contributed by atoms with Crippen LogP contribution in [-0.2, 0) is 6.42 Å². The van der Waals surface area contributed by atoms with Gasteiger partial charge in [0.15, 0.2) is 11.5 Å². The molecule has 100 valence electrons. The highest BCUT2D eigenvalue weighted by molar-refractivity contribution is 9.10.